The van der Waals surface area contributed by atoms with Gasteiger partial charge in [-0.25, -0.2) is 4.79 Å². The Morgan fingerprint density at radius 2 is 2.00 bits per heavy atom. The average Bonchev–Trinajstić information content (AvgIpc) is 2.44. The van der Waals surface area contributed by atoms with Crippen LogP contribution in [0, 0.1) is 11.8 Å². The van der Waals surface area contributed by atoms with Crippen LogP contribution in [0.4, 0.5) is 10.5 Å². The molecule has 1 aromatic carbocycles. The second kappa shape index (κ2) is 5.39. The topological polar surface area (TPSA) is 69.6 Å². The number of carbonyl (C=O) groups is 2. The van der Waals surface area contributed by atoms with E-state index < -0.39 is 11.9 Å². The van der Waals surface area contributed by atoms with Crippen LogP contribution in [0.25, 0.3) is 0 Å². The Labute approximate surface area is 123 Å². The third-order valence-corrected chi connectivity index (χ3v) is 4.45. The molecule has 1 atom stereocenters. The van der Waals surface area contributed by atoms with E-state index in [1.165, 1.54) is 0 Å². The van der Waals surface area contributed by atoms with E-state index in [2.05, 4.69) is 12.2 Å². The average molecular weight is 288 g/mol. The van der Waals surface area contributed by atoms with Gasteiger partial charge in [0.05, 0.1) is 5.92 Å². The molecule has 1 saturated carbocycles. The Balaban J connectivity index is 1.79. The molecule has 1 unspecified atom stereocenters. The number of urea groups is 1. The molecule has 0 aromatic heterocycles. The summed E-state index contributed by atoms with van der Waals surface area (Å²) in [5.74, 6) is -0.721. The quantitative estimate of drug-likeness (QED) is 0.877. The summed E-state index contributed by atoms with van der Waals surface area (Å²) in [5, 5.41) is 12.3. The molecule has 1 aliphatic carbocycles. The molecule has 5 nitrogen and oxygen atoms in total. The Kier molecular flexibility index (Phi) is 3.57. The number of nitrogens with zero attached hydrogens (tertiary/aromatic N) is 1. The highest BCUT2D eigenvalue weighted by Gasteiger charge is 2.34. The number of fused-ring (bicyclic) bond motifs is 1. The number of benzene rings is 1. The predicted molar refractivity (Wildman–Crippen MR) is 79.3 cm³/mol. The maximum absolute atomic E-state index is 12.5. The first-order valence-electron chi connectivity index (χ1n) is 7.43. The van der Waals surface area contributed by atoms with Crippen molar-refractivity contribution in [3.8, 4) is 0 Å². The van der Waals surface area contributed by atoms with E-state index >= 15 is 0 Å². The van der Waals surface area contributed by atoms with Gasteiger partial charge >= 0.3 is 12.0 Å². The molecule has 1 heterocycles. The van der Waals surface area contributed by atoms with Crippen LogP contribution in [0.5, 0.6) is 0 Å². The van der Waals surface area contributed by atoms with Crippen molar-refractivity contribution in [3.63, 3.8) is 0 Å². The van der Waals surface area contributed by atoms with Crippen LogP contribution in [0.1, 0.15) is 25.3 Å². The molecule has 5 heteroatoms. The van der Waals surface area contributed by atoms with Crippen molar-refractivity contribution in [1.29, 1.82) is 0 Å². The van der Waals surface area contributed by atoms with Gasteiger partial charge in [-0.3, -0.25) is 9.69 Å². The second-order valence-electron chi connectivity index (χ2n) is 6.20. The Bertz CT molecular complexity index is 566. The lowest BCUT2D eigenvalue weighted by Gasteiger charge is -2.37. The van der Waals surface area contributed by atoms with Gasteiger partial charge < -0.3 is 10.4 Å². The van der Waals surface area contributed by atoms with Crippen molar-refractivity contribution in [3.05, 3.63) is 29.8 Å². The smallest absolute Gasteiger partial charge is 0.322 e. The second-order valence-corrected chi connectivity index (χ2v) is 6.20. The van der Waals surface area contributed by atoms with Gasteiger partial charge in [0, 0.05) is 18.3 Å². The zero-order chi connectivity index (χ0) is 15.0. The van der Waals surface area contributed by atoms with E-state index in [-0.39, 0.29) is 18.6 Å². The number of carboxylic acid groups (broad SMARTS) is 1. The first kappa shape index (κ1) is 13.9. The number of hydrogen-bond donors (Lipinski definition) is 2. The highest BCUT2D eigenvalue weighted by molar-refractivity contribution is 5.94. The molecule has 0 radical (unpaired) electrons. The normalized spacial score (nSPS) is 27.5. The number of carbonyl (C=O) groups excluding carboxylic acids is 1. The van der Waals surface area contributed by atoms with Crippen LogP contribution in [0.15, 0.2) is 24.3 Å². The minimum Gasteiger partial charge on any atom is -0.481 e. The zero-order valence-electron chi connectivity index (χ0n) is 12.1. The molecule has 2 N–H and O–H groups in total. The van der Waals surface area contributed by atoms with E-state index in [4.69, 9.17) is 0 Å². The number of carboxylic acids is 1. The van der Waals surface area contributed by atoms with Crippen LogP contribution in [-0.2, 0) is 11.2 Å². The van der Waals surface area contributed by atoms with Crippen molar-refractivity contribution in [2.75, 3.05) is 11.4 Å². The highest BCUT2D eigenvalue weighted by atomic mass is 16.4. The highest BCUT2D eigenvalue weighted by Crippen LogP contribution is 2.31. The van der Waals surface area contributed by atoms with Crippen LogP contribution >= 0.6 is 0 Å². The third-order valence-electron chi connectivity index (χ3n) is 4.45. The summed E-state index contributed by atoms with van der Waals surface area (Å²) in [4.78, 5) is 25.4. The summed E-state index contributed by atoms with van der Waals surface area (Å²) in [6, 6.07) is 7.60. The van der Waals surface area contributed by atoms with Gasteiger partial charge in [0.2, 0.25) is 0 Å². The number of para-hydroxylation sites is 1. The largest absolute Gasteiger partial charge is 0.481 e. The molecule has 3 rings (SSSR count). The summed E-state index contributed by atoms with van der Waals surface area (Å²) in [6.45, 7) is 2.40. The van der Waals surface area contributed by atoms with Gasteiger partial charge in [-0.2, -0.15) is 0 Å². The fraction of sp³-hybridized carbons (Fsp3) is 0.500. The summed E-state index contributed by atoms with van der Waals surface area (Å²) in [5.41, 5.74) is 1.76. The fourth-order valence-electron chi connectivity index (χ4n) is 3.23. The number of rotatable bonds is 2. The molecule has 0 bridgehead atoms. The number of hydrogen-bond acceptors (Lipinski definition) is 2. The van der Waals surface area contributed by atoms with E-state index in [1.54, 1.807) is 4.90 Å². The molecule has 1 aliphatic heterocycles. The number of anilines is 1. The zero-order valence-corrected chi connectivity index (χ0v) is 12.1. The van der Waals surface area contributed by atoms with Crippen molar-refractivity contribution in [2.24, 2.45) is 11.8 Å². The van der Waals surface area contributed by atoms with E-state index in [1.807, 2.05) is 24.3 Å². The minimum absolute atomic E-state index is 0.176. The molecular formula is C16H20N2O3. The molecule has 0 spiro atoms. The number of nitrogens with one attached hydrogen (secondary N) is 1. The Morgan fingerprint density at radius 3 is 2.67 bits per heavy atom. The number of aliphatic carboxylic acids is 1. The minimum atomic E-state index is -0.848. The first-order valence-corrected chi connectivity index (χ1v) is 7.43. The Hall–Kier alpha value is -2.04. The monoisotopic (exact) mass is 288 g/mol. The van der Waals surface area contributed by atoms with Crippen LogP contribution < -0.4 is 10.2 Å². The molecular weight excluding hydrogens is 268 g/mol. The van der Waals surface area contributed by atoms with Crippen molar-refractivity contribution in [2.45, 2.75) is 32.2 Å². The fourth-order valence-corrected chi connectivity index (χ4v) is 3.23. The molecule has 2 amide bonds. The lowest BCUT2D eigenvalue weighted by atomic mass is 9.82. The summed E-state index contributed by atoms with van der Waals surface area (Å²) in [6.07, 6.45) is 2.49. The summed E-state index contributed by atoms with van der Waals surface area (Å²) in [7, 11) is 0. The van der Waals surface area contributed by atoms with E-state index in [0.717, 1.165) is 24.1 Å². The van der Waals surface area contributed by atoms with E-state index in [9.17, 15) is 14.7 Å². The van der Waals surface area contributed by atoms with Crippen LogP contribution in [0.3, 0.4) is 0 Å². The van der Waals surface area contributed by atoms with Gasteiger partial charge in [-0.05, 0) is 36.8 Å². The van der Waals surface area contributed by atoms with Gasteiger partial charge in [0.1, 0.15) is 0 Å². The van der Waals surface area contributed by atoms with Gasteiger partial charge in [0.15, 0.2) is 0 Å². The van der Waals surface area contributed by atoms with Crippen molar-refractivity contribution in [1.82, 2.24) is 5.32 Å². The van der Waals surface area contributed by atoms with Crippen LogP contribution in [-0.4, -0.2) is 29.7 Å². The third kappa shape index (κ3) is 2.73. The summed E-state index contributed by atoms with van der Waals surface area (Å²) < 4.78 is 0. The van der Waals surface area contributed by atoms with Gasteiger partial charge in [-0.1, -0.05) is 25.1 Å². The van der Waals surface area contributed by atoms with Crippen molar-refractivity contribution >= 4 is 17.7 Å². The standard InChI is InChI=1S/C16H20N2O3/c1-10-6-13(7-10)17-16(21)18-9-12(15(19)20)8-11-4-2-3-5-14(11)18/h2-5,10,12-13H,6-9H2,1H3,(H,17,21)(H,19,20). The van der Waals surface area contributed by atoms with Crippen LogP contribution in [0.2, 0.25) is 0 Å². The molecule has 21 heavy (non-hydrogen) atoms. The van der Waals surface area contributed by atoms with Gasteiger partial charge in [-0.15, -0.1) is 0 Å². The maximum Gasteiger partial charge on any atom is 0.322 e. The lowest BCUT2D eigenvalue weighted by Crippen LogP contribution is -2.52. The molecule has 2 aliphatic rings. The predicted octanol–water partition coefficient (Wildman–Crippen LogP) is 2.26. The Morgan fingerprint density at radius 1 is 1.29 bits per heavy atom. The molecule has 0 saturated heterocycles. The lowest BCUT2D eigenvalue weighted by molar-refractivity contribution is -0.141. The number of amides is 2. The molecule has 1 fully saturated rings. The van der Waals surface area contributed by atoms with Crippen molar-refractivity contribution < 1.29 is 14.7 Å². The molecule has 1 aromatic rings. The SMILES string of the molecule is CC1CC(NC(=O)N2CC(C(=O)O)Cc3ccccc32)C1. The summed E-state index contributed by atoms with van der Waals surface area (Å²) >= 11 is 0. The van der Waals surface area contributed by atoms with E-state index in [0.29, 0.717) is 12.3 Å². The van der Waals surface area contributed by atoms with Gasteiger partial charge in [0.25, 0.3) is 0 Å². The maximum atomic E-state index is 12.5. The molecule has 112 valence electrons. The first-order chi connectivity index (χ1) is 10.0.